The van der Waals surface area contributed by atoms with Gasteiger partial charge >= 0.3 is 0 Å². The van der Waals surface area contributed by atoms with Crippen LogP contribution in [-0.4, -0.2) is 12.6 Å². The highest BCUT2D eigenvalue weighted by atomic mass is 127. The van der Waals surface area contributed by atoms with Crippen LogP contribution in [0.1, 0.15) is 24.0 Å². The van der Waals surface area contributed by atoms with Crippen LogP contribution in [-0.2, 0) is 13.0 Å². The van der Waals surface area contributed by atoms with Crippen LogP contribution >= 0.6 is 22.6 Å². The van der Waals surface area contributed by atoms with Crippen LogP contribution in [0.15, 0.2) is 48.5 Å². The summed E-state index contributed by atoms with van der Waals surface area (Å²) in [5.41, 5.74) is 2.67. The Bertz CT molecular complexity index is 595. The van der Waals surface area contributed by atoms with Crippen molar-refractivity contribution in [2.75, 3.05) is 6.54 Å². The predicted octanol–water partition coefficient (Wildman–Crippen LogP) is 4.16. The average Bonchev–Trinajstić information content (AvgIpc) is 3.31. The summed E-state index contributed by atoms with van der Waals surface area (Å²) in [6, 6.07) is 17.5. The highest BCUT2D eigenvalue weighted by molar-refractivity contribution is 14.1. The molecule has 3 rings (SSSR count). The predicted molar refractivity (Wildman–Crippen MR) is 94.7 cm³/mol. The second kappa shape index (κ2) is 7.27. The van der Waals surface area contributed by atoms with Crippen molar-refractivity contribution in [1.29, 1.82) is 0 Å². The number of halogens is 1. The summed E-state index contributed by atoms with van der Waals surface area (Å²) in [4.78, 5) is 0. The molecule has 0 saturated heterocycles. The molecule has 0 atom stereocenters. The van der Waals surface area contributed by atoms with Crippen molar-refractivity contribution in [2.45, 2.75) is 31.9 Å². The highest BCUT2D eigenvalue weighted by Crippen LogP contribution is 2.20. The van der Waals surface area contributed by atoms with Gasteiger partial charge in [-0.15, -0.1) is 0 Å². The molecule has 1 saturated carbocycles. The summed E-state index contributed by atoms with van der Waals surface area (Å²) in [7, 11) is 0. The van der Waals surface area contributed by atoms with E-state index >= 15 is 0 Å². The number of rotatable bonds is 7. The van der Waals surface area contributed by atoms with E-state index in [0.29, 0.717) is 6.61 Å². The van der Waals surface area contributed by atoms with E-state index in [2.05, 4.69) is 64.3 Å². The van der Waals surface area contributed by atoms with Crippen LogP contribution in [0.3, 0.4) is 0 Å². The Hall–Kier alpha value is -1.07. The van der Waals surface area contributed by atoms with Gasteiger partial charge in [-0.1, -0.05) is 30.3 Å². The van der Waals surface area contributed by atoms with Crippen molar-refractivity contribution in [3.05, 3.63) is 63.2 Å². The van der Waals surface area contributed by atoms with Gasteiger partial charge < -0.3 is 10.1 Å². The second-order valence-electron chi connectivity index (χ2n) is 5.49. The number of benzene rings is 2. The molecule has 1 N–H and O–H groups in total. The fraction of sp³-hybridized carbons (Fsp3) is 0.333. The average molecular weight is 393 g/mol. The van der Waals surface area contributed by atoms with Gasteiger partial charge in [0.25, 0.3) is 0 Å². The third kappa shape index (κ3) is 4.71. The lowest BCUT2D eigenvalue weighted by molar-refractivity contribution is 0.304. The smallest absolute Gasteiger partial charge is 0.120 e. The molecule has 1 fully saturated rings. The molecule has 0 bridgehead atoms. The van der Waals surface area contributed by atoms with Crippen LogP contribution in [0.5, 0.6) is 5.75 Å². The molecule has 0 radical (unpaired) electrons. The lowest BCUT2D eigenvalue weighted by Gasteiger charge is -2.12. The molecule has 0 aromatic heterocycles. The van der Waals surface area contributed by atoms with Gasteiger partial charge in [-0.05, 0) is 77.7 Å². The number of nitrogens with one attached hydrogen (secondary N) is 1. The van der Waals surface area contributed by atoms with Crippen molar-refractivity contribution < 1.29 is 4.74 Å². The normalized spacial score (nSPS) is 14.1. The Morgan fingerprint density at radius 3 is 2.62 bits per heavy atom. The lowest BCUT2D eigenvalue weighted by Crippen LogP contribution is -2.19. The van der Waals surface area contributed by atoms with E-state index in [9.17, 15) is 0 Å². The van der Waals surface area contributed by atoms with E-state index in [-0.39, 0.29) is 0 Å². The third-order valence-electron chi connectivity index (χ3n) is 3.71. The molecule has 1 aliphatic carbocycles. The molecule has 0 heterocycles. The van der Waals surface area contributed by atoms with Crippen molar-refractivity contribution in [3.8, 4) is 5.75 Å². The van der Waals surface area contributed by atoms with E-state index in [4.69, 9.17) is 4.74 Å². The van der Waals surface area contributed by atoms with Crippen LogP contribution < -0.4 is 10.1 Å². The van der Waals surface area contributed by atoms with Crippen molar-refractivity contribution >= 4 is 22.6 Å². The molecular formula is C18H20INO. The maximum Gasteiger partial charge on any atom is 0.120 e. The molecule has 2 nitrogen and oxygen atoms in total. The van der Waals surface area contributed by atoms with Gasteiger partial charge in [0.1, 0.15) is 12.4 Å². The Morgan fingerprint density at radius 2 is 1.86 bits per heavy atom. The van der Waals surface area contributed by atoms with Gasteiger partial charge in [0, 0.05) is 9.61 Å². The van der Waals surface area contributed by atoms with Crippen molar-refractivity contribution in [1.82, 2.24) is 5.32 Å². The lowest BCUT2D eigenvalue weighted by atomic mass is 10.1. The summed E-state index contributed by atoms with van der Waals surface area (Å²) in [6.45, 7) is 1.70. The summed E-state index contributed by atoms with van der Waals surface area (Å²) < 4.78 is 7.13. The zero-order valence-corrected chi connectivity index (χ0v) is 14.2. The van der Waals surface area contributed by atoms with Gasteiger partial charge in [0.2, 0.25) is 0 Å². The summed E-state index contributed by atoms with van der Waals surface area (Å²) in [5, 5.41) is 3.57. The number of ether oxygens (including phenoxy) is 1. The Morgan fingerprint density at radius 1 is 1.05 bits per heavy atom. The van der Waals surface area contributed by atoms with E-state index in [0.717, 1.165) is 24.8 Å². The monoisotopic (exact) mass is 393 g/mol. The number of hydrogen-bond acceptors (Lipinski definition) is 2. The molecule has 0 amide bonds. The van der Waals surface area contributed by atoms with Gasteiger partial charge in [0.05, 0.1) is 0 Å². The maximum absolute atomic E-state index is 5.93. The molecule has 0 spiro atoms. The molecule has 110 valence electrons. The van der Waals surface area contributed by atoms with Gasteiger partial charge in [-0.25, -0.2) is 0 Å². The molecular weight excluding hydrogens is 373 g/mol. The van der Waals surface area contributed by atoms with Gasteiger partial charge in [-0.3, -0.25) is 0 Å². The Balaban J connectivity index is 1.58. The van der Waals surface area contributed by atoms with E-state index in [1.807, 2.05) is 12.1 Å². The standard InChI is InChI=1S/C18H20INO/c19-16-6-3-7-18(12-16)21-13-15-5-2-1-4-14(15)10-11-20-17-8-9-17/h1-7,12,17,20H,8-11,13H2. The molecule has 3 heteroatoms. The number of hydrogen-bond donors (Lipinski definition) is 1. The molecule has 21 heavy (non-hydrogen) atoms. The minimum atomic E-state index is 0.639. The van der Waals surface area contributed by atoms with E-state index in [1.54, 1.807) is 0 Å². The van der Waals surface area contributed by atoms with Gasteiger partial charge in [0.15, 0.2) is 0 Å². The quantitative estimate of drug-likeness (QED) is 0.714. The first-order valence-electron chi connectivity index (χ1n) is 7.50. The first kappa shape index (κ1) is 14.9. The summed E-state index contributed by atoms with van der Waals surface area (Å²) in [6.07, 6.45) is 3.76. The molecule has 1 aliphatic rings. The van der Waals surface area contributed by atoms with Crippen molar-refractivity contribution in [2.24, 2.45) is 0 Å². The van der Waals surface area contributed by atoms with Crippen LogP contribution in [0.2, 0.25) is 0 Å². The summed E-state index contributed by atoms with van der Waals surface area (Å²) in [5.74, 6) is 0.938. The van der Waals surface area contributed by atoms with Crippen LogP contribution in [0.4, 0.5) is 0 Å². The molecule has 0 unspecified atom stereocenters. The largest absolute Gasteiger partial charge is 0.489 e. The molecule has 2 aromatic carbocycles. The molecule has 2 aromatic rings. The van der Waals surface area contributed by atoms with E-state index < -0.39 is 0 Å². The fourth-order valence-electron chi connectivity index (χ4n) is 2.36. The highest BCUT2D eigenvalue weighted by Gasteiger charge is 2.19. The van der Waals surface area contributed by atoms with Crippen molar-refractivity contribution in [3.63, 3.8) is 0 Å². The third-order valence-corrected chi connectivity index (χ3v) is 4.38. The van der Waals surface area contributed by atoms with Crippen LogP contribution in [0.25, 0.3) is 0 Å². The molecule has 0 aliphatic heterocycles. The first-order valence-corrected chi connectivity index (χ1v) is 8.58. The maximum atomic E-state index is 5.93. The Kier molecular flexibility index (Phi) is 5.14. The van der Waals surface area contributed by atoms with Crippen LogP contribution in [0, 0.1) is 3.57 Å². The summed E-state index contributed by atoms with van der Waals surface area (Å²) >= 11 is 2.31. The fourth-order valence-corrected chi connectivity index (χ4v) is 2.87. The minimum Gasteiger partial charge on any atom is -0.489 e. The zero-order valence-electron chi connectivity index (χ0n) is 12.0. The topological polar surface area (TPSA) is 21.3 Å². The Labute approximate surface area is 140 Å². The zero-order chi connectivity index (χ0) is 14.5. The first-order chi connectivity index (χ1) is 10.3. The SMILES string of the molecule is Ic1cccc(OCc2ccccc2CCNC2CC2)c1. The second-order valence-corrected chi connectivity index (χ2v) is 6.74. The minimum absolute atomic E-state index is 0.639. The van der Waals surface area contributed by atoms with E-state index in [1.165, 1.54) is 27.5 Å². The van der Waals surface area contributed by atoms with Gasteiger partial charge in [-0.2, -0.15) is 0 Å².